The molecule has 0 spiro atoms. The van der Waals surface area contributed by atoms with E-state index in [2.05, 4.69) is 12.2 Å². The fourth-order valence-corrected chi connectivity index (χ4v) is 2.86. The first-order chi connectivity index (χ1) is 9.69. The highest BCUT2D eigenvalue weighted by Crippen LogP contribution is 2.15. The van der Waals surface area contributed by atoms with Gasteiger partial charge in [-0.1, -0.05) is 13.0 Å². The van der Waals surface area contributed by atoms with E-state index in [1.54, 1.807) is 12.1 Å². The van der Waals surface area contributed by atoms with Crippen molar-refractivity contribution in [1.29, 1.82) is 0 Å². The number of hydrogen-bond donors (Lipinski definition) is 1. The van der Waals surface area contributed by atoms with Crippen LogP contribution in [0.1, 0.15) is 24.9 Å². The Bertz CT molecular complexity index is 583. The first-order valence-electron chi connectivity index (χ1n) is 6.61. The fraction of sp³-hybridized carbons (Fsp3) is 0.333. The molecule has 0 bridgehead atoms. The van der Waals surface area contributed by atoms with Gasteiger partial charge in [0, 0.05) is 4.90 Å². The lowest BCUT2D eigenvalue weighted by molar-refractivity contribution is 0.458. The van der Waals surface area contributed by atoms with Gasteiger partial charge < -0.3 is 9.73 Å². The average Bonchev–Trinajstić information content (AvgIpc) is 2.86. The fourth-order valence-electron chi connectivity index (χ4n) is 1.80. The molecule has 2 rings (SSSR count). The van der Waals surface area contributed by atoms with Crippen molar-refractivity contribution in [2.24, 2.45) is 0 Å². The molecule has 0 amide bonds. The van der Waals surface area contributed by atoms with Crippen molar-refractivity contribution in [1.82, 2.24) is 5.32 Å². The van der Waals surface area contributed by atoms with Gasteiger partial charge in [0.2, 0.25) is 0 Å². The Labute approximate surface area is 120 Å². The van der Waals surface area contributed by atoms with Crippen molar-refractivity contribution < 1.29 is 13.0 Å². The summed E-state index contributed by atoms with van der Waals surface area (Å²) in [5.74, 6) is 1.36. The monoisotopic (exact) mass is 295 g/mol. The van der Waals surface area contributed by atoms with Crippen LogP contribution >= 0.6 is 0 Å². The SMILES string of the molecule is CCCNCc1ccc(CS(=O)c2cccc(F)c2)o1. The molecule has 5 heteroatoms. The molecule has 20 heavy (non-hydrogen) atoms. The molecule has 1 N–H and O–H groups in total. The summed E-state index contributed by atoms with van der Waals surface area (Å²) in [7, 11) is -1.29. The molecule has 0 aliphatic heterocycles. The van der Waals surface area contributed by atoms with Crippen molar-refractivity contribution in [2.45, 2.75) is 30.5 Å². The minimum Gasteiger partial charge on any atom is -0.464 e. The van der Waals surface area contributed by atoms with Crippen LogP contribution in [0, 0.1) is 5.82 Å². The maximum Gasteiger partial charge on any atom is 0.124 e. The zero-order chi connectivity index (χ0) is 14.4. The molecule has 0 fully saturated rings. The molecule has 1 heterocycles. The van der Waals surface area contributed by atoms with Gasteiger partial charge in [-0.05, 0) is 43.3 Å². The second-order valence-corrected chi connectivity index (χ2v) is 5.94. The molecule has 108 valence electrons. The predicted octanol–water partition coefficient (Wildman–Crippen LogP) is 3.23. The van der Waals surface area contributed by atoms with E-state index in [1.165, 1.54) is 12.1 Å². The van der Waals surface area contributed by atoms with Crippen LogP contribution in [0.4, 0.5) is 4.39 Å². The van der Waals surface area contributed by atoms with Gasteiger partial charge >= 0.3 is 0 Å². The lowest BCUT2D eigenvalue weighted by atomic mass is 10.4. The highest BCUT2D eigenvalue weighted by atomic mass is 32.2. The Hall–Kier alpha value is -1.46. The Morgan fingerprint density at radius 1 is 1.25 bits per heavy atom. The standard InChI is InChI=1S/C15H18FNO2S/c1-2-8-17-10-13-6-7-14(19-13)11-20(18)15-5-3-4-12(16)9-15/h3-7,9,17H,2,8,10-11H2,1H3. The van der Waals surface area contributed by atoms with Crippen molar-refractivity contribution in [3.63, 3.8) is 0 Å². The van der Waals surface area contributed by atoms with E-state index in [4.69, 9.17) is 4.42 Å². The van der Waals surface area contributed by atoms with Crippen molar-refractivity contribution in [3.8, 4) is 0 Å². The molecular weight excluding hydrogens is 277 g/mol. The molecule has 1 aromatic heterocycles. The Morgan fingerprint density at radius 3 is 2.80 bits per heavy atom. The zero-order valence-electron chi connectivity index (χ0n) is 11.4. The third-order valence-electron chi connectivity index (χ3n) is 2.78. The summed E-state index contributed by atoms with van der Waals surface area (Å²) in [6.07, 6.45) is 1.07. The van der Waals surface area contributed by atoms with Crippen molar-refractivity contribution >= 4 is 10.8 Å². The molecule has 0 aliphatic carbocycles. The molecule has 1 unspecified atom stereocenters. The van der Waals surface area contributed by atoms with Gasteiger partial charge in [-0.25, -0.2) is 4.39 Å². The van der Waals surface area contributed by atoms with E-state index in [-0.39, 0.29) is 11.6 Å². The smallest absolute Gasteiger partial charge is 0.124 e. The molecule has 0 saturated heterocycles. The van der Waals surface area contributed by atoms with Gasteiger partial charge in [0.05, 0.1) is 23.1 Å². The lowest BCUT2D eigenvalue weighted by Crippen LogP contribution is -2.13. The normalized spacial score (nSPS) is 12.5. The van der Waals surface area contributed by atoms with Crippen LogP contribution in [0.5, 0.6) is 0 Å². The molecule has 0 radical (unpaired) electrons. The summed E-state index contributed by atoms with van der Waals surface area (Å²) >= 11 is 0. The minimum absolute atomic E-state index is 0.261. The maximum absolute atomic E-state index is 13.1. The molecule has 1 atom stereocenters. The van der Waals surface area contributed by atoms with Gasteiger partial charge in [0.25, 0.3) is 0 Å². The number of rotatable bonds is 7. The summed E-state index contributed by atoms with van der Waals surface area (Å²) in [6, 6.07) is 9.55. The first-order valence-corrected chi connectivity index (χ1v) is 7.93. The van der Waals surface area contributed by atoms with Crippen molar-refractivity contribution in [2.75, 3.05) is 6.54 Å². The summed E-state index contributed by atoms with van der Waals surface area (Å²) in [6.45, 7) is 3.70. The van der Waals surface area contributed by atoms with Crippen LogP contribution in [-0.4, -0.2) is 10.8 Å². The van der Waals surface area contributed by atoms with Crippen LogP contribution in [0.2, 0.25) is 0 Å². The molecule has 3 nitrogen and oxygen atoms in total. The third kappa shape index (κ3) is 4.28. The Balaban J connectivity index is 1.94. The van der Waals surface area contributed by atoms with E-state index in [0.29, 0.717) is 17.2 Å². The maximum atomic E-state index is 13.1. The Kier molecular flexibility index (Phi) is 5.49. The van der Waals surface area contributed by atoms with E-state index < -0.39 is 10.8 Å². The number of halogens is 1. The summed E-state index contributed by atoms with van der Waals surface area (Å²) < 4.78 is 30.8. The average molecular weight is 295 g/mol. The second-order valence-electron chi connectivity index (χ2n) is 4.49. The number of benzene rings is 1. The van der Waals surface area contributed by atoms with Gasteiger partial charge in [-0.15, -0.1) is 0 Å². The highest BCUT2D eigenvalue weighted by molar-refractivity contribution is 7.84. The van der Waals surface area contributed by atoms with Crippen LogP contribution in [-0.2, 0) is 23.1 Å². The largest absolute Gasteiger partial charge is 0.464 e. The summed E-state index contributed by atoms with van der Waals surface area (Å²) in [5, 5.41) is 3.24. The number of furan rings is 1. The zero-order valence-corrected chi connectivity index (χ0v) is 12.2. The lowest BCUT2D eigenvalue weighted by Gasteiger charge is -2.01. The van der Waals surface area contributed by atoms with E-state index in [9.17, 15) is 8.60 Å². The highest BCUT2D eigenvalue weighted by Gasteiger charge is 2.09. The quantitative estimate of drug-likeness (QED) is 0.797. The van der Waals surface area contributed by atoms with E-state index >= 15 is 0 Å². The van der Waals surface area contributed by atoms with Crippen LogP contribution < -0.4 is 5.32 Å². The van der Waals surface area contributed by atoms with Crippen LogP contribution in [0.3, 0.4) is 0 Å². The molecule has 0 aliphatic rings. The van der Waals surface area contributed by atoms with Crippen LogP contribution in [0.15, 0.2) is 45.7 Å². The predicted molar refractivity (Wildman–Crippen MR) is 77.2 cm³/mol. The van der Waals surface area contributed by atoms with Crippen molar-refractivity contribution in [3.05, 3.63) is 53.7 Å². The second kappa shape index (κ2) is 7.36. The van der Waals surface area contributed by atoms with E-state index in [1.807, 2.05) is 12.1 Å². The summed E-state index contributed by atoms with van der Waals surface area (Å²) in [5.41, 5.74) is 0. The molecule has 1 aromatic carbocycles. The molecule has 0 saturated carbocycles. The summed E-state index contributed by atoms with van der Waals surface area (Å²) in [4.78, 5) is 0.479. The third-order valence-corrected chi connectivity index (χ3v) is 4.10. The number of hydrogen-bond acceptors (Lipinski definition) is 3. The minimum atomic E-state index is -1.29. The van der Waals surface area contributed by atoms with Gasteiger partial charge in [-0.2, -0.15) is 0 Å². The van der Waals surface area contributed by atoms with Gasteiger partial charge in [0.1, 0.15) is 17.3 Å². The Morgan fingerprint density at radius 2 is 2.05 bits per heavy atom. The number of nitrogens with one attached hydrogen (secondary N) is 1. The molecular formula is C15H18FNO2S. The van der Waals surface area contributed by atoms with Gasteiger partial charge in [0.15, 0.2) is 0 Å². The topological polar surface area (TPSA) is 42.2 Å². The van der Waals surface area contributed by atoms with Crippen LogP contribution in [0.25, 0.3) is 0 Å². The van der Waals surface area contributed by atoms with Gasteiger partial charge in [-0.3, -0.25) is 4.21 Å². The first kappa shape index (κ1) is 14.9. The molecule has 2 aromatic rings. The van der Waals surface area contributed by atoms with E-state index in [0.717, 1.165) is 18.7 Å².